The average molecular weight is 417 g/mol. The number of rotatable bonds is 7. The first-order valence-electron chi connectivity index (χ1n) is 10.1. The summed E-state index contributed by atoms with van der Waals surface area (Å²) in [6, 6.07) is 15.9. The molecule has 1 amide bonds. The number of benzene rings is 2. The fraction of sp³-hybridized carbons (Fsp3) is 0.200. The molecule has 6 heteroatoms. The number of halogens is 1. The minimum Gasteiger partial charge on any atom is -0.467 e. The number of hydrogen-bond donors (Lipinski definition) is 0. The molecule has 0 radical (unpaired) electrons. The van der Waals surface area contributed by atoms with Crippen molar-refractivity contribution < 1.29 is 13.6 Å². The van der Waals surface area contributed by atoms with Gasteiger partial charge in [0.1, 0.15) is 17.4 Å². The monoisotopic (exact) mass is 417 g/mol. The lowest BCUT2D eigenvalue weighted by atomic mass is 10.1. The van der Waals surface area contributed by atoms with Gasteiger partial charge in [-0.3, -0.25) is 4.79 Å². The maximum absolute atomic E-state index is 14.3. The number of carbonyl (C=O) groups excluding carboxylic acids is 1. The van der Waals surface area contributed by atoms with Crippen molar-refractivity contribution in [3.8, 4) is 0 Å². The van der Waals surface area contributed by atoms with Crippen LogP contribution in [0.1, 0.15) is 38.6 Å². The molecular formula is C25H24FN3O2. The number of nitrogens with zero attached hydrogens (tertiary/aromatic N) is 3. The molecule has 5 nitrogen and oxygen atoms in total. The summed E-state index contributed by atoms with van der Waals surface area (Å²) in [6.07, 6.45) is 5.18. The van der Waals surface area contributed by atoms with Gasteiger partial charge in [0.15, 0.2) is 0 Å². The van der Waals surface area contributed by atoms with Gasteiger partial charge in [-0.1, -0.05) is 35.9 Å². The van der Waals surface area contributed by atoms with Gasteiger partial charge in [0.05, 0.1) is 24.9 Å². The van der Waals surface area contributed by atoms with Crippen LogP contribution in [0.4, 0.5) is 4.39 Å². The third-order valence-corrected chi connectivity index (χ3v) is 5.30. The van der Waals surface area contributed by atoms with E-state index in [0.29, 0.717) is 12.3 Å². The summed E-state index contributed by atoms with van der Waals surface area (Å²) >= 11 is 0. The van der Waals surface area contributed by atoms with Crippen molar-refractivity contribution in [2.75, 3.05) is 0 Å². The summed E-state index contributed by atoms with van der Waals surface area (Å²) in [5.74, 6) is 0.390. The predicted molar refractivity (Wildman–Crippen MR) is 116 cm³/mol. The zero-order valence-electron chi connectivity index (χ0n) is 17.6. The molecule has 0 aliphatic rings. The number of imidazole rings is 1. The zero-order valence-corrected chi connectivity index (χ0v) is 17.6. The Morgan fingerprint density at radius 1 is 1.10 bits per heavy atom. The van der Waals surface area contributed by atoms with Crippen LogP contribution in [0.2, 0.25) is 0 Å². The van der Waals surface area contributed by atoms with E-state index in [1.165, 1.54) is 28.8 Å². The van der Waals surface area contributed by atoms with Gasteiger partial charge in [0, 0.05) is 18.9 Å². The van der Waals surface area contributed by atoms with Gasteiger partial charge in [0.2, 0.25) is 0 Å². The van der Waals surface area contributed by atoms with Crippen molar-refractivity contribution in [3.63, 3.8) is 0 Å². The number of furan rings is 1. The maximum Gasteiger partial charge on any atom is 0.257 e. The number of amides is 1. The molecule has 2 aromatic heterocycles. The normalized spacial score (nSPS) is 10.9. The molecule has 158 valence electrons. The minimum atomic E-state index is -0.546. The number of aryl methyl sites for hydroxylation is 2. The van der Waals surface area contributed by atoms with Crippen LogP contribution in [0.25, 0.3) is 0 Å². The number of aromatic nitrogens is 2. The molecule has 0 aliphatic carbocycles. The summed E-state index contributed by atoms with van der Waals surface area (Å²) in [6.45, 7) is 5.24. The SMILES string of the molecule is Cc1ccc(C)c(Cn2ccnc2CN(Cc2ccco2)C(=O)c2ccccc2F)c1. The second-order valence-electron chi connectivity index (χ2n) is 7.62. The van der Waals surface area contributed by atoms with E-state index in [1.54, 1.807) is 41.6 Å². The lowest BCUT2D eigenvalue weighted by Crippen LogP contribution is -2.32. The number of hydrogen-bond acceptors (Lipinski definition) is 3. The maximum atomic E-state index is 14.3. The summed E-state index contributed by atoms with van der Waals surface area (Å²) in [5, 5.41) is 0. The molecule has 0 saturated carbocycles. The second-order valence-corrected chi connectivity index (χ2v) is 7.62. The second kappa shape index (κ2) is 9.00. The van der Waals surface area contributed by atoms with Crippen molar-refractivity contribution in [1.29, 1.82) is 0 Å². The largest absolute Gasteiger partial charge is 0.467 e. The van der Waals surface area contributed by atoms with Crippen LogP contribution < -0.4 is 0 Å². The Balaban J connectivity index is 1.62. The van der Waals surface area contributed by atoms with E-state index in [1.807, 2.05) is 10.8 Å². The molecule has 0 N–H and O–H groups in total. The third kappa shape index (κ3) is 4.74. The highest BCUT2D eigenvalue weighted by Crippen LogP contribution is 2.18. The molecule has 2 aromatic carbocycles. The Morgan fingerprint density at radius 2 is 1.94 bits per heavy atom. The lowest BCUT2D eigenvalue weighted by molar-refractivity contribution is 0.0706. The molecule has 4 rings (SSSR count). The molecule has 0 bridgehead atoms. The first-order valence-corrected chi connectivity index (χ1v) is 10.1. The molecule has 0 saturated heterocycles. The van der Waals surface area contributed by atoms with Crippen LogP contribution in [-0.4, -0.2) is 20.4 Å². The van der Waals surface area contributed by atoms with Crippen LogP contribution in [0.3, 0.4) is 0 Å². The highest BCUT2D eigenvalue weighted by atomic mass is 19.1. The van der Waals surface area contributed by atoms with Gasteiger partial charge in [-0.05, 0) is 49.2 Å². The molecule has 2 heterocycles. The predicted octanol–water partition coefficient (Wildman–Crippen LogP) is 5.12. The highest BCUT2D eigenvalue weighted by molar-refractivity contribution is 5.94. The van der Waals surface area contributed by atoms with E-state index < -0.39 is 11.7 Å². The minimum absolute atomic E-state index is 0.0293. The Morgan fingerprint density at radius 3 is 2.71 bits per heavy atom. The smallest absolute Gasteiger partial charge is 0.257 e. The van der Waals surface area contributed by atoms with Gasteiger partial charge in [-0.15, -0.1) is 0 Å². The summed E-state index contributed by atoms with van der Waals surface area (Å²) in [5.41, 5.74) is 3.61. The van der Waals surface area contributed by atoms with E-state index in [4.69, 9.17) is 4.42 Å². The standard InChI is InChI=1S/C25H24FN3O2/c1-18-9-10-19(2)20(14-18)15-28-12-11-27-24(28)17-29(16-21-6-5-13-31-21)25(30)22-7-3-4-8-23(22)26/h3-14H,15-17H2,1-2H3. The van der Waals surface area contributed by atoms with Crippen molar-refractivity contribution in [2.24, 2.45) is 0 Å². The van der Waals surface area contributed by atoms with Crippen LogP contribution in [0.15, 0.2) is 77.7 Å². The molecule has 0 aliphatic heterocycles. The van der Waals surface area contributed by atoms with Crippen LogP contribution in [0.5, 0.6) is 0 Å². The van der Waals surface area contributed by atoms with Crippen LogP contribution >= 0.6 is 0 Å². The quantitative estimate of drug-likeness (QED) is 0.419. The van der Waals surface area contributed by atoms with E-state index in [9.17, 15) is 9.18 Å². The number of carbonyl (C=O) groups is 1. The van der Waals surface area contributed by atoms with E-state index in [0.717, 1.165) is 5.82 Å². The van der Waals surface area contributed by atoms with Gasteiger partial charge in [-0.2, -0.15) is 0 Å². The van der Waals surface area contributed by atoms with Crippen LogP contribution in [-0.2, 0) is 19.6 Å². The summed E-state index contributed by atoms with van der Waals surface area (Å²) in [7, 11) is 0. The van der Waals surface area contributed by atoms with Gasteiger partial charge < -0.3 is 13.9 Å². The van der Waals surface area contributed by atoms with Gasteiger partial charge in [0.25, 0.3) is 5.91 Å². The fourth-order valence-corrected chi connectivity index (χ4v) is 3.56. The Labute approximate surface area is 180 Å². The molecule has 0 atom stereocenters. The van der Waals surface area contributed by atoms with E-state index in [2.05, 4.69) is 37.0 Å². The fourth-order valence-electron chi connectivity index (χ4n) is 3.56. The summed E-state index contributed by atoms with van der Waals surface area (Å²) < 4.78 is 21.8. The summed E-state index contributed by atoms with van der Waals surface area (Å²) in [4.78, 5) is 19.2. The molecule has 4 aromatic rings. The first-order chi connectivity index (χ1) is 15.0. The molecule has 0 fully saturated rings. The van der Waals surface area contributed by atoms with E-state index >= 15 is 0 Å². The zero-order chi connectivity index (χ0) is 21.8. The molecule has 0 spiro atoms. The Bertz CT molecular complexity index is 1180. The topological polar surface area (TPSA) is 51.3 Å². The molecular weight excluding hydrogens is 393 g/mol. The Hall–Kier alpha value is -3.67. The van der Waals surface area contributed by atoms with Gasteiger partial charge >= 0.3 is 0 Å². The lowest BCUT2D eigenvalue weighted by Gasteiger charge is -2.22. The third-order valence-electron chi connectivity index (χ3n) is 5.30. The highest BCUT2D eigenvalue weighted by Gasteiger charge is 2.22. The van der Waals surface area contributed by atoms with Crippen LogP contribution in [0, 0.1) is 19.7 Å². The van der Waals surface area contributed by atoms with Crippen molar-refractivity contribution in [1.82, 2.24) is 14.5 Å². The van der Waals surface area contributed by atoms with Crippen molar-refractivity contribution in [2.45, 2.75) is 33.5 Å². The first kappa shape index (κ1) is 20.6. The molecule has 0 unspecified atom stereocenters. The van der Waals surface area contributed by atoms with E-state index in [-0.39, 0.29) is 18.7 Å². The Kier molecular flexibility index (Phi) is 5.98. The van der Waals surface area contributed by atoms with Crippen molar-refractivity contribution in [3.05, 3.63) is 113 Å². The van der Waals surface area contributed by atoms with Gasteiger partial charge in [-0.25, -0.2) is 9.37 Å². The molecule has 31 heavy (non-hydrogen) atoms. The average Bonchev–Trinajstić information content (AvgIpc) is 3.42. The van der Waals surface area contributed by atoms with Crippen molar-refractivity contribution >= 4 is 5.91 Å².